The lowest BCUT2D eigenvalue weighted by Crippen LogP contribution is -2.14. The van der Waals surface area contributed by atoms with E-state index >= 15 is 0 Å². The fourth-order valence-electron chi connectivity index (χ4n) is 2.09. The van der Waals surface area contributed by atoms with E-state index in [4.69, 9.17) is 14.2 Å². The molecule has 0 heterocycles. The lowest BCUT2D eigenvalue weighted by atomic mass is 9.92. The van der Waals surface area contributed by atoms with Crippen molar-refractivity contribution in [2.75, 3.05) is 28.4 Å². The van der Waals surface area contributed by atoms with E-state index < -0.39 is 18.0 Å². The molecule has 1 aromatic rings. The number of carbonyl (C=O) groups excluding carboxylic acids is 1. The van der Waals surface area contributed by atoms with Crippen LogP contribution in [0.4, 0.5) is 0 Å². The van der Waals surface area contributed by atoms with Gasteiger partial charge in [-0.15, -0.1) is 0 Å². The molecule has 6 heteroatoms. The van der Waals surface area contributed by atoms with E-state index in [1.165, 1.54) is 34.5 Å². The molecule has 0 fully saturated rings. The Morgan fingerprint density at radius 2 is 1.59 bits per heavy atom. The van der Waals surface area contributed by atoms with Crippen molar-refractivity contribution in [1.29, 1.82) is 0 Å². The summed E-state index contributed by atoms with van der Waals surface area (Å²) in [5.74, 6) is 0.594. The largest absolute Gasteiger partial charge is 0.496 e. The van der Waals surface area contributed by atoms with E-state index in [0.29, 0.717) is 22.8 Å². The molecule has 1 N–H and O–H groups in total. The first-order valence-corrected chi connectivity index (χ1v) is 6.72. The maximum Gasteiger partial charge on any atom is 0.330 e. The van der Waals surface area contributed by atoms with Crippen LogP contribution in [0.15, 0.2) is 24.3 Å². The van der Waals surface area contributed by atoms with Crippen molar-refractivity contribution in [3.63, 3.8) is 0 Å². The number of aliphatic hydroxyl groups excluding tert-OH is 1. The SMILES string of the molecule is COC(=O)/C=C/C(c1cc(OC)c(OC)cc1OC)C(C)O. The van der Waals surface area contributed by atoms with Gasteiger partial charge in [-0.1, -0.05) is 6.08 Å². The lowest BCUT2D eigenvalue weighted by Gasteiger charge is -2.21. The quantitative estimate of drug-likeness (QED) is 0.612. The Labute approximate surface area is 130 Å². The molecule has 0 amide bonds. The Hall–Kier alpha value is -2.21. The molecule has 0 aliphatic rings. The maximum absolute atomic E-state index is 11.3. The number of aliphatic hydroxyl groups is 1. The first-order chi connectivity index (χ1) is 10.5. The molecule has 0 aromatic heterocycles. The molecular formula is C16H22O6. The third-order valence-electron chi connectivity index (χ3n) is 3.26. The van der Waals surface area contributed by atoms with Crippen LogP contribution in [0.1, 0.15) is 18.4 Å². The summed E-state index contributed by atoms with van der Waals surface area (Å²) in [6.07, 6.45) is 2.10. The number of carbonyl (C=O) groups is 1. The van der Waals surface area contributed by atoms with Crippen LogP contribution < -0.4 is 14.2 Å². The van der Waals surface area contributed by atoms with Crippen molar-refractivity contribution in [3.8, 4) is 17.2 Å². The highest BCUT2D eigenvalue weighted by Crippen LogP contribution is 2.39. The Balaban J connectivity index is 3.34. The van der Waals surface area contributed by atoms with Crippen LogP contribution in [-0.4, -0.2) is 45.6 Å². The highest BCUT2D eigenvalue weighted by molar-refractivity contribution is 5.82. The molecule has 0 bridgehead atoms. The number of hydrogen-bond acceptors (Lipinski definition) is 6. The first-order valence-electron chi connectivity index (χ1n) is 6.72. The van der Waals surface area contributed by atoms with Gasteiger partial charge in [-0.2, -0.15) is 0 Å². The Bertz CT molecular complexity index is 536. The van der Waals surface area contributed by atoms with E-state index in [9.17, 15) is 9.90 Å². The Morgan fingerprint density at radius 1 is 1.05 bits per heavy atom. The molecule has 0 saturated heterocycles. The summed E-state index contributed by atoms with van der Waals surface area (Å²) in [4.78, 5) is 11.3. The summed E-state index contributed by atoms with van der Waals surface area (Å²) in [5, 5.41) is 10.0. The van der Waals surface area contributed by atoms with E-state index in [-0.39, 0.29) is 0 Å². The number of hydrogen-bond donors (Lipinski definition) is 1. The molecule has 0 spiro atoms. The molecule has 1 rings (SSSR count). The van der Waals surface area contributed by atoms with Crippen LogP contribution >= 0.6 is 0 Å². The van der Waals surface area contributed by atoms with Gasteiger partial charge < -0.3 is 24.1 Å². The second kappa shape index (κ2) is 8.29. The van der Waals surface area contributed by atoms with Gasteiger partial charge in [-0.25, -0.2) is 4.79 Å². The van der Waals surface area contributed by atoms with E-state index in [1.807, 2.05) is 0 Å². The highest BCUT2D eigenvalue weighted by atomic mass is 16.5. The van der Waals surface area contributed by atoms with Crippen molar-refractivity contribution in [1.82, 2.24) is 0 Å². The average molecular weight is 310 g/mol. The summed E-state index contributed by atoms with van der Waals surface area (Å²) in [7, 11) is 5.87. The minimum atomic E-state index is -0.743. The zero-order chi connectivity index (χ0) is 16.7. The van der Waals surface area contributed by atoms with Crippen LogP contribution in [-0.2, 0) is 9.53 Å². The topological polar surface area (TPSA) is 74.2 Å². The van der Waals surface area contributed by atoms with Gasteiger partial charge in [0.2, 0.25) is 0 Å². The summed E-state index contributed by atoms with van der Waals surface area (Å²) >= 11 is 0. The number of benzene rings is 1. The van der Waals surface area contributed by atoms with Crippen LogP contribution in [0.25, 0.3) is 0 Å². The lowest BCUT2D eigenvalue weighted by molar-refractivity contribution is -0.134. The van der Waals surface area contributed by atoms with Gasteiger partial charge in [0.15, 0.2) is 11.5 Å². The molecule has 0 saturated carbocycles. The van der Waals surface area contributed by atoms with Gasteiger partial charge in [-0.05, 0) is 13.0 Å². The van der Waals surface area contributed by atoms with Crippen LogP contribution in [0.5, 0.6) is 17.2 Å². The molecular weight excluding hydrogens is 288 g/mol. The molecule has 22 heavy (non-hydrogen) atoms. The van der Waals surface area contributed by atoms with Gasteiger partial charge in [0.05, 0.1) is 34.5 Å². The van der Waals surface area contributed by atoms with E-state index in [1.54, 1.807) is 25.1 Å². The van der Waals surface area contributed by atoms with Gasteiger partial charge in [0.25, 0.3) is 0 Å². The zero-order valence-corrected chi connectivity index (χ0v) is 13.5. The minimum Gasteiger partial charge on any atom is -0.496 e. The average Bonchev–Trinajstić information content (AvgIpc) is 2.53. The third kappa shape index (κ3) is 4.14. The minimum absolute atomic E-state index is 0.464. The predicted octanol–water partition coefficient (Wildman–Crippen LogP) is 1.91. The highest BCUT2D eigenvalue weighted by Gasteiger charge is 2.22. The molecule has 0 aliphatic heterocycles. The second-order valence-corrected chi connectivity index (χ2v) is 4.60. The van der Waals surface area contributed by atoms with Crippen LogP contribution in [0, 0.1) is 0 Å². The standard InChI is InChI=1S/C16H22O6/c1-10(17)11(6-7-16(18)22-5)12-8-14(20-3)15(21-4)9-13(12)19-2/h6-11,17H,1-5H3/b7-6+. The smallest absolute Gasteiger partial charge is 0.330 e. The van der Waals surface area contributed by atoms with Gasteiger partial charge in [0, 0.05) is 23.6 Å². The number of methoxy groups -OCH3 is 4. The van der Waals surface area contributed by atoms with Crippen molar-refractivity contribution in [3.05, 3.63) is 29.8 Å². The third-order valence-corrected chi connectivity index (χ3v) is 3.26. The van der Waals surface area contributed by atoms with E-state index in [0.717, 1.165) is 0 Å². The fourth-order valence-corrected chi connectivity index (χ4v) is 2.09. The van der Waals surface area contributed by atoms with Crippen molar-refractivity contribution < 1.29 is 28.8 Å². The zero-order valence-electron chi connectivity index (χ0n) is 13.5. The molecule has 0 aliphatic carbocycles. The number of esters is 1. The normalized spacial score (nSPS) is 13.5. The van der Waals surface area contributed by atoms with Crippen LogP contribution in [0.2, 0.25) is 0 Å². The van der Waals surface area contributed by atoms with Gasteiger partial charge in [-0.3, -0.25) is 0 Å². The summed E-state index contributed by atoms with van der Waals surface area (Å²) in [6, 6.07) is 3.40. The number of ether oxygens (including phenoxy) is 4. The molecule has 6 nitrogen and oxygen atoms in total. The molecule has 1 aromatic carbocycles. The first kappa shape index (κ1) is 17.8. The number of rotatable bonds is 7. The molecule has 0 radical (unpaired) electrons. The predicted molar refractivity (Wildman–Crippen MR) is 81.7 cm³/mol. The van der Waals surface area contributed by atoms with Crippen molar-refractivity contribution in [2.24, 2.45) is 0 Å². The fraction of sp³-hybridized carbons (Fsp3) is 0.438. The van der Waals surface area contributed by atoms with Crippen LogP contribution in [0.3, 0.4) is 0 Å². The molecule has 2 unspecified atom stereocenters. The van der Waals surface area contributed by atoms with Crippen molar-refractivity contribution >= 4 is 5.97 Å². The maximum atomic E-state index is 11.3. The van der Waals surface area contributed by atoms with E-state index in [2.05, 4.69) is 4.74 Å². The summed E-state index contributed by atoms with van der Waals surface area (Å²) in [5.41, 5.74) is 0.676. The Kier molecular flexibility index (Phi) is 6.72. The summed E-state index contributed by atoms with van der Waals surface area (Å²) < 4.78 is 20.4. The monoisotopic (exact) mass is 310 g/mol. The van der Waals surface area contributed by atoms with Gasteiger partial charge >= 0.3 is 5.97 Å². The van der Waals surface area contributed by atoms with Gasteiger partial charge in [0.1, 0.15) is 5.75 Å². The second-order valence-electron chi connectivity index (χ2n) is 4.60. The molecule has 122 valence electrons. The molecule has 2 atom stereocenters. The Morgan fingerprint density at radius 3 is 2.05 bits per heavy atom. The van der Waals surface area contributed by atoms with Crippen molar-refractivity contribution in [2.45, 2.75) is 18.9 Å². The summed E-state index contributed by atoms with van der Waals surface area (Å²) in [6.45, 7) is 1.63.